The van der Waals surface area contributed by atoms with E-state index in [1.807, 2.05) is 0 Å². The Kier molecular flexibility index (Phi) is 5.14. The van der Waals surface area contributed by atoms with Crippen molar-refractivity contribution in [2.24, 2.45) is 0 Å². The van der Waals surface area contributed by atoms with Gasteiger partial charge in [0.1, 0.15) is 6.61 Å². The number of hydrogen-bond donors (Lipinski definition) is 2. The molecule has 0 aromatic heterocycles. The van der Waals surface area contributed by atoms with Crippen LogP contribution in [0, 0.1) is 10.1 Å². The SMILES string of the molecule is O=[N+]([O-])c1cc(NCCO)ccc1OCC1CCCO1. The van der Waals surface area contributed by atoms with Gasteiger partial charge in [-0.2, -0.15) is 0 Å². The quantitative estimate of drug-likeness (QED) is 0.582. The van der Waals surface area contributed by atoms with Crippen LogP contribution in [-0.4, -0.2) is 42.5 Å². The molecule has 2 rings (SSSR count). The molecule has 1 aromatic carbocycles. The molecule has 0 amide bonds. The van der Waals surface area contributed by atoms with Gasteiger partial charge in [0, 0.05) is 24.9 Å². The third-order valence-electron chi connectivity index (χ3n) is 3.05. The minimum atomic E-state index is -0.477. The second-order valence-electron chi connectivity index (χ2n) is 4.54. The summed E-state index contributed by atoms with van der Waals surface area (Å²) in [7, 11) is 0. The fourth-order valence-corrected chi connectivity index (χ4v) is 2.05. The van der Waals surface area contributed by atoms with E-state index in [-0.39, 0.29) is 24.1 Å². The second-order valence-corrected chi connectivity index (χ2v) is 4.54. The maximum Gasteiger partial charge on any atom is 0.312 e. The van der Waals surface area contributed by atoms with Crippen molar-refractivity contribution in [2.45, 2.75) is 18.9 Å². The molecule has 1 aliphatic rings. The summed E-state index contributed by atoms with van der Waals surface area (Å²) >= 11 is 0. The number of hydrogen-bond acceptors (Lipinski definition) is 6. The first-order valence-electron chi connectivity index (χ1n) is 6.58. The number of anilines is 1. The monoisotopic (exact) mass is 282 g/mol. The van der Waals surface area contributed by atoms with Crippen LogP contribution < -0.4 is 10.1 Å². The van der Waals surface area contributed by atoms with Gasteiger partial charge in [-0.25, -0.2) is 0 Å². The lowest BCUT2D eigenvalue weighted by atomic mass is 10.2. The van der Waals surface area contributed by atoms with Crippen molar-refractivity contribution < 1.29 is 19.5 Å². The van der Waals surface area contributed by atoms with Crippen LogP contribution in [0.25, 0.3) is 0 Å². The average molecular weight is 282 g/mol. The summed E-state index contributed by atoms with van der Waals surface area (Å²) in [6, 6.07) is 4.65. The van der Waals surface area contributed by atoms with Crippen LogP contribution in [0.15, 0.2) is 18.2 Å². The summed E-state index contributed by atoms with van der Waals surface area (Å²) in [5.41, 5.74) is 0.487. The zero-order valence-corrected chi connectivity index (χ0v) is 11.1. The number of nitrogens with one attached hydrogen (secondary N) is 1. The van der Waals surface area contributed by atoms with Crippen molar-refractivity contribution in [1.82, 2.24) is 0 Å². The van der Waals surface area contributed by atoms with E-state index < -0.39 is 4.92 Å². The predicted molar refractivity (Wildman–Crippen MR) is 73.1 cm³/mol. The van der Waals surface area contributed by atoms with E-state index in [0.717, 1.165) is 19.4 Å². The van der Waals surface area contributed by atoms with Gasteiger partial charge in [-0.1, -0.05) is 0 Å². The van der Waals surface area contributed by atoms with E-state index in [1.165, 1.54) is 6.07 Å². The van der Waals surface area contributed by atoms with Crippen molar-refractivity contribution in [1.29, 1.82) is 0 Å². The molecule has 1 fully saturated rings. The molecule has 1 atom stereocenters. The first-order valence-corrected chi connectivity index (χ1v) is 6.58. The van der Waals surface area contributed by atoms with Crippen LogP contribution in [0.1, 0.15) is 12.8 Å². The largest absolute Gasteiger partial charge is 0.484 e. The fourth-order valence-electron chi connectivity index (χ4n) is 2.05. The van der Waals surface area contributed by atoms with E-state index in [4.69, 9.17) is 14.6 Å². The summed E-state index contributed by atoms with van der Waals surface area (Å²) in [6.45, 7) is 1.35. The Morgan fingerprint density at radius 3 is 3.05 bits per heavy atom. The number of rotatable bonds is 7. The molecule has 1 unspecified atom stereocenters. The third-order valence-corrected chi connectivity index (χ3v) is 3.05. The first-order chi connectivity index (χ1) is 9.70. The van der Waals surface area contributed by atoms with E-state index in [1.54, 1.807) is 12.1 Å². The smallest absolute Gasteiger partial charge is 0.312 e. The number of ether oxygens (including phenoxy) is 2. The highest BCUT2D eigenvalue weighted by molar-refractivity contribution is 5.58. The Labute approximate surface area is 116 Å². The van der Waals surface area contributed by atoms with E-state index >= 15 is 0 Å². The van der Waals surface area contributed by atoms with Crippen LogP contribution in [0.3, 0.4) is 0 Å². The lowest BCUT2D eigenvalue weighted by Gasteiger charge is -2.12. The summed E-state index contributed by atoms with van der Waals surface area (Å²) in [5, 5.41) is 22.7. The summed E-state index contributed by atoms with van der Waals surface area (Å²) in [5.74, 6) is 0.236. The zero-order chi connectivity index (χ0) is 14.4. The molecule has 0 radical (unpaired) electrons. The molecule has 1 saturated heterocycles. The number of nitro groups is 1. The first kappa shape index (κ1) is 14.5. The predicted octanol–water partition coefficient (Wildman–Crippen LogP) is 1.56. The van der Waals surface area contributed by atoms with Gasteiger partial charge in [-0.3, -0.25) is 10.1 Å². The number of benzene rings is 1. The molecule has 0 spiro atoms. The number of aliphatic hydroxyl groups excluding tert-OH is 1. The van der Waals surface area contributed by atoms with E-state index in [0.29, 0.717) is 18.8 Å². The second kappa shape index (κ2) is 7.06. The van der Waals surface area contributed by atoms with Crippen LogP contribution >= 0.6 is 0 Å². The molecule has 7 heteroatoms. The van der Waals surface area contributed by atoms with Crippen LogP contribution in [0.4, 0.5) is 11.4 Å². The molecule has 0 saturated carbocycles. The van der Waals surface area contributed by atoms with Crippen molar-refractivity contribution in [2.75, 3.05) is 31.7 Å². The number of aliphatic hydroxyl groups is 1. The van der Waals surface area contributed by atoms with Crippen molar-refractivity contribution in [3.63, 3.8) is 0 Å². The zero-order valence-electron chi connectivity index (χ0n) is 11.1. The standard InChI is InChI=1S/C13H18N2O5/c16-6-5-14-10-3-4-13(12(8-10)15(17)18)20-9-11-2-1-7-19-11/h3-4,8,11,14,16H,1-2,5-7,9H2. The Bertz CT molecular complexity index is 460. The maximum atomic E-state index is 11.1. The van der Waals surface area contributed by atoms with Gasteiger partial charge in [0.25, 0.3) is 0 Å². The molecule has 0 bridgehead atoms. The Morgan fingerprint density at radius 1 is 1.55 bits per heavy atom. The van der Waals surface area contributed by atoms with Gasteiger partial charge < -0.3 is 19.9 Å². The molecule has 110 valence electrons. The normalized spacial score (nSPS) is 17.9. The molecule has 0 aliphatic carbocycles. The highest BCUT2D eigenvalue weighted by Crippen LogP contribution is 2.30. The molecule has 1 heterocycles. The van der Waals surface area contributed by atoms with Crippen LogP contribution in [-0.2, 0) is 4.74 Å². The van der Waals surface area contributed by atoms with Gasteiger partial charge in [0.2, 0.25) is 0 Å². The Balaban J connectivity index is 2.04. The molecule has 20 heavy (non-hydrogen) atoms. The Hall–Kier alpha value is -1.86. The minimum absolute atomic E-state index is 0.0156. The summed E-state index contributed by atoms with van der Waals surface area (Å²) < 4.78 is 10.9. The minimum Gasteiger partial charge on any atom is -0.484 e. The van der Waals surface area contributed by atoms with Gasteiger partial charge >= 0.3 is 5.69 Å². The molecule has 1 aromatic rings. The maximum absolute atomic E-state index is 11.1. The van der Waals surface area contributed by atoms with Gasteiger partial charge in [0.15, 0.2) is 5.75 Å². The molecular formula is C13H18N2O5. The topological polar surface area (TPSA) is 93.9 Å². The molecule has 7 nitrogen and oxygen atoms in total. The van der Waals surface area contributed by atoms with Crippen LogP contribution in [0.2, 0.25) is 0 Å². The summed E-state index contributed by atoms with van der Waals surface area (Å²) in [6.07, 6.45) is 1.94. The summed E-state index contributed by atoms with van der Waals surface area (Å²) in [4.78, 5) is 10.6. The third kappa shape index (κ3) is 3.82. The van der Waals surface area contributed by atoms with Crippen molar-refractivity contribution in [3.05, 3.63) is 28.3 Å². The fraction of sp³-hybridized carbons (Fsp3) is 0.538. The van der Waals surface area contributed by atoms with Gasteiger partial charge in [-0.05, 0) is 25.0 Å². The van der Waals surface area contributed by atoms with Crippen LogP contribution in [0.5, 0.6) is 5.75 Å². The average Bonchev–Trinajstić information content (AvgIpc) is 2.96. The lowest BCUT2D eigenvalue weighted by Crippen LogP contribution is -2.16. The van der Waals surface area contributed by atoms with E-state index in [9.17, 15) is 10.1 Å². The highest BCUT2D eigenvalue weighted by Gasteiger charge is 2.20. The molecule has 2 N–H and O–H groups in total. The van der Waals surface area contributed by atoms with Crippen molar-refractivity contribution in [3.8, 4) is 5.75 Å². The lowest BCUT2D eigenvalue weighted by molar-refractivity contribution is -0.385. The van der Waals surface area contributed by atoms with Gasteiger partial charge in [0.05, 0.1) is 17.6 Å². The van der Waals surface area contributed by atoms with Gasteiger partial charge in [-0.15, -0.1) is 0 Å². The number of nitro benzene ring substituents is 1. The van der Waals surface area contributed by atoms with E-state index in [2.05, 4.69) is 5.32 Å². The number of nitrogens with zero attached hydrogens (tertiary/aromatic N) is 1. The highest BCUT2D eigenvalue weighted by atomic mass is 16.6. The molecular weight excluding hydrogens is 264 g/mol. The molecule has 1 aliphatic heterocycles. The Morgan fingerprint density at radius 2 is 2.40 bits per heavy atom. The van der Waals surface area contributed by atoms with Crippen molar-refractivity contribution >= 4 is 11.4 Å².